The highest BCUT2D eigenvalue weighted by molar-refractivity contribution is 7.81. The molecule has 0 radical (unpaired) electrons. The fourth-order valence-corrected chi connectivity index (χ4v) is 2.10. The molecule has 0 aromatic rings. The molecule has 0 aliphatic rings. The molecule has 3 atom stereocenters. The van der Waals surface area contributed by atoms with Gasteiger partial charge < -0.3 is 20.3 Å². The highest BCUT2D eigenvalue weighted by atomic mass is 32.1. The minimum atomic E-state index is -1.14. The van der Waals surface area contributed by atoms with Crippen molar-refractivity contribution in [1.82, 2.24) is 5.32 Å². The summed E-state index contributed by atoms with van der Waals surface area (Å²) in [5.74, 6) is -1.14. The molecule has 2 unspecified atom stereocenters. The SMILES string of the molecule is CC(O)CCCCC(S)[C@H](NC(=O)OC(C)(C)C)C(=O)O. The Morgan fingerprint density at radius 1 is 1.24 bits per heavy atom. The lowest BCUT2D eigenvalue weighted by atomic mass is 10.1. The minimum absolute atomic E-state index is 0.362. The van der Waals surface area contributed by atoms with E-state index in [1.807, 2.05) is 0 Å². The van der Waals surface area contributed by atoms with E-state index in [4.69, 9.17) is 9.84 Å². The molecule has 124 valence electrons. The first-order valence-corrected chi connectivity index (χ1v) is 7.63. The molecule has 6 nitrogen and oxygen atoms in total. The van der Waals surface area contributed by atoms with Crippen LogP contribution in [0.5, 0.6) is 0 Å². The first kappa shape index (κ1) is 20.1. The Balaban J connectivity index is 4.34. The number of carboxylic acid groups (broad SMARTS) is 1. The number of aliphatic hydroxyl groups is 1. The molecule has 0 heterocycles. The van der Waals surface area contributed by atoms with Gasteiger partial charge in [0.15, 0.2) is 0 Å². The van der Waals surface area contributed by atoms with Gasteiger partial charge >= 0.3 is 12.1 Å². The van der Waals surface area contributed by atoms with Crippen molar-refractivity contribution < 1.29 is 24.5 Å². The van der Waals surface area contributed by atoms with E-state index in [9.17, 15) is 14.7 Å². The third-order valence-corrected chi connectivity index (χ3v) is 3.25. The van der Waals surface area contributed by atoms with Crippen LogP contribution in [0.1, 0.15) is 53.4 Å². The molecule has 0 aromatic carbocycles. The molecule has 0 aromatic heterocycles. The summed E-state index contributed by atoms with van der Waals surface area (Å²) in [6.07, 6.45) is 1.59. The van der Waals surface area contributed by atoms with Gasteiger partial charge in [-0.3, -0.25) is 0 Å². The summed E-state index contributed by atoms with van der Waals surface area (Å²) < 4.78 is 5.05. The Hall–Kier alpha value is -0.950. The molecule has 3 N–H and O–H groups in total. The van der Waals surface area contributed by atoms with Crippen LogP contribution in [0.15, 0.2) is 0 Å². The number of nitrogens with one attached hydrogen (secondary N) is 1. The van der Waals surface area contributed by atoms with Gasteiger partial charge in [-0.25, -0.2) is 9.59 Å². The summed E-state index contributed by atoms with van der Waals surface area (Å²) in [4.78, 5) is 22.9. The van der Waals surface area contributed by atoms with E-state index >= 15 is 0 Å². The Labute approximate surface area is 131 Å². The third-order valence-electron chi connectivity index (χ3n) is 2.69. The molecule has 0 saturated carbocycles. The zero-order valence-corrected chi connectivity index (χ0v) is 14.0. The third kappa shape index (κ3) is 10.4. The fraction of sp³-hybridized carbons (Fsp3) is 0.857. The number of aliphatic carboxylic acids is 1. The number of aliphatic hydroxyl groups excluding tert-OH is 1. The second kappa shape index (κ2) is 9.15. The summed E-state index contributed by atoms with van der Waals surface area (Å²) in [5.41, 5.74) is -0.684. The predicted octanol–water partition coefficient (Wildman–Crippen LogP) is 2.20. The lowest BCUT2D eigenvalue weighted by molar-refractivity contribution is -0.139. The van der Waals surface area contributed by atoms with E-state index in [-0.39, 0.29) is 6.10 Å². The summed E-state index contributed by atoms with van der Waals surface area (Å²) in [5, 5.41) is 20.2. The van der Waals surface area contributed by atoms with E-state index in [0.717, 1.165) is 12.8 Å². The van der Waals surface area contributed by atoms with Crippen LogP contribution in [0, 0.1) is 0 Å². The monoisotopic (exact) mass is 321 g/mol. The summed E-state index contributed by atoms with van der Waals surface area (Å²) in [7, 11) is 0. The number of ether oxygens (including phenoxy) is 1. The Bertz CT molecular complexity index is 341. The molecule has 0 bridgehead atoms. The number of carboxylic acids is 1. The van der Waals surface area contributed by atoms with Crippen molar-refractivity contribution in [2.24, 2.45) is 0 Å². The molecule has 0 spiro atoms. The maximum atomic E-state index is 11.6. The number of alkyl carbamates (subject to hydrolysis) is 1. The molecule has 0 fully saturated rings. The molecule has 1 amide bonds. The van der Waals surface area contributed by atoms with Gasteiger partial charge in [-0.1, -0.05) is 12.8 Å². The molecule has 7 heteroatoms. The van der Waals surface area contributed by atoms with Crippen LogP contribution < -0.4 is 5.32 Å². The minimum Gasteiger partial charge on any atom is -0.480 e. The maximum absolute atomic E-state index is 11.6. The van der Waals surface area contributed by atoms with Gasteiger partial charge in [-0.15, -0.1) is 0 Å². The topological polar surface area (TPSA) is 95.9 Å². The quantitative estimate of drug-likeness (QED) is 0.406. The van der Waals surface area contributed by atoms with Crippen LogP contribution in [0.25, 0.3) is 0 Å². The van der Waals surface area contributed by atoms with E-state index in [2.05, 4.69) is 17.9 Å². The number of hydrogen-bond acceptors (Lipinski definition) is 5. The maximum Gasteiger partial charge on any atom is 0.408 e. The van der Waals surface area contributed by atoms with Crippen LogP contribution in [0.3, 0.4) is 0 Å². The average Bonchev–Trinajstić information content (AvgIpc) is 2.28. The van der Waals surface area contributed by atoms with Crippen molar-refractivity contribution in [2.45, 2.75) is 76.4 Å². The average molecular weight is 321 g/mol. The van der Waals surface area contributed by atoms with E-state index in [1.54, 1.807) is 27.7 Å². The van der Waals surface area contributed by atoms with Crippen molar-refractivity contribution in [2.75, 3.05) is 0 Å². The van der Waals surface area contributed by atoms with Gasteiger partial charge in [0.05, 0.1) is 6.10 Å². The first-order valence-electron chi connectivity index (χ1n) is 7.11. The predicted molar refractivity (Wildman–Crippen MR) is 83.7 cm³/mol. The highest BCUT2D eigenvalue weighted by Crippen LogP contribution is 2.15. The van der Waals surface area contributed by atoms with E-state index in [1.165, 1.54) is 0 Å². The van der Waals surface area contributed by atoms with Gasteiger partial charge in [-0.05, 0) is 40.5 Å². The van der Waals surface area contributed by atoms with Crippen LogP contribution in [-0.4, -0.2) is 45.3 Å². The molecular weight excluding hydrogens is 294 g/mol. The summed E-state index contributed by atoms with van der Waals surface area (Å²) in [6.45, 7) is 6.83. The number of amides is 1. The van der Waals surface area contributed by atoms with Crippen molar-refractivity contribution in [3.63, 3.8) is 0 Å². The van der Waals surface area contributed by atoms with Crippen LogP contribution in [-0.2, 0) is 9.53 Å². The number of carbonyl (C=O) groups excluding carboxylic acids is 1. The Morgan fingerprint density at radius 3 is 2.19 bits per heavy atom. The Kier molecular flexibility index (Phi) is 8.73. The second-order valence-electron chi connectivity index (χ2n) is 6.16. The standard InChI is InChI=1S/C14H27NO5S/c1-9(16)7-5-6-8-10(21)11(12(17)18)15-13(19)20-14(2,3)4/h9-11,16,21H,5-8H2,1-4H3,(H,15,19)(H,17,18)/t9?,10?,11-/m0/s1. The largest absolute Gasteiger partial charge is 0.480 e. The lowest BCUT2D eigenvalue weighted by Gasteiger charge is -2.24. The molecule has 0 aliphatic heterocycles. The number of rotatable bonds is 8. The summed E-state index contributed by atoms with van der Waals surface area (Å²) in [6, 6.07) is -1.10. The molecule has 0 rings (SSSR count). The molecular formula is C14H27NO5S. The van der Waals surface area contributed by atoms with Crippen molar-refractivity contribution >= 4 is 24.7 Å². The van der Waals surface area contributed by atoms with E-state index < -0.39 is 29.0 Å². The van der Waals surface area contributed by atoms with Crippen molar-refractivity contribution in [3.05, 3.63) is 0 Å². The van der Waals surface area contributed by atoms with Gasteiger partial charge in [0, 0.05) is 5.25 Å². The number of hydrogen-bond donors (Lipinski definition) is 4. The number of thiol groups is 1. The highest BCUT2D eigenvalue weighted by Gasteiger charge is 2.29. The Morgan fingerprint density at radius 2 is 1.76 bits per heavy atom. The van der Waals surface area contributed by atoms with Crippen molar-refractivity contribution in [1.29, 1.82) is 0 Å². The zero-order valence-electron chi connectivity index (χ0n) is 13.1. The van der Waals surface area contributed by atoms with Gasteiger partial charge in [0.25, 0.3) is 0 Å². The van der Waals surface area contributed by atoms with Gasteiger partial charge in [0.2, 0.25) is 0 Å². The smallest absolute Gasteiger partial charge is 0.408 e. The van der Waals surface area contributed by atoms with E-state index in [0.29, 0.717) is 12.8 Å². The van der Waals surface area contributed by atoms with Crippen LogP contribution in [0.2, 0.25) is 0 Å². The summed E-state index contributed by atoms with van der Waals surface area (Å²) >= 11 is 4.26. The van der Waals surface area contributed by atoms with Crippen LogP contribution in [0.4, 0.5) is 4.79 Å². The van der Waals surface area contributed by atoms with Crippen molar-refractivity contribution in [3.8, 4) is 0 Å². The van der Waals surface area contributed by atoms with Gasteiger partial charge in [-0.2, -0.15) is 12.6 Å². The molecule has 21 heavy (non-hydrogen) atoms. The van der Waals surface area contributed by atoms with Gasteiger partial charge in [0.1, 0.15) is 11.6 Å². The second-order valence-corrected chi connectivity index (χ2v) is 6.83. The molecule has 0 aliphatic carbocycles. The lowest BCUT2D eigenvalue weighted by Crippen LogP contribution is -2.48. The number of carbonyl (C=O) groups is 2. The number of unbranched alkanes of at least 4 members (excludes halogenated alkanes) is 1. The zero-order chi connectivity index (χ0) is 16.6. The fourth-order valence-electron chi connectivity index (χ4n) is 1.72. The van der Waals surface area contributed by atoms with Crippen LogP contribution >= 0.6 is 12.6 Å². The normalized spacial score (nSPS) is 15.9. The molecule has 0 saturated heterocycles. The first-order chi connectivity index (χ1) is 9.53.